The minimum Gasteiger partial charge on any atom is -0.538 e. The van der Waals surface area contributed by atoms with Crippen molar-refractivity contribution < 1.29 is 23.4 Å². The van der Waals surface area contributed by atoms with Crippen LogP contribution in [0.5, 0.6) is 0 Å². The van der Waals surface area contributed by atoms with Crippen LogP contribution in [0.1, 0.15) is 53.5 Å². The van der Waals surface area contributed by atoms with Gasteiger partial charge in [-0.1, -0.05) is 12.1 Å². The number of rotatable bonds is 8. The molecule has 1 aliphatic rings. The molecule has 0 atom stereocenters. The standard InChI is InChI=1S/C17H29BNO5/c1-12(2)22-18(23-13(3)4,24-14(5)6)16-9-7-8-15(19-16)17-20-10-11-21-17/h7-9,12-14,17H,10-11H2,1-6H3/q-1. The number of ether oxygens (including phenoxy) is 2. The fourth-order valence-electron chi connectivity index (χ4n) is 2.71. The maximum Gasteiger partial charge on any atom is 0.428 e. The second-order valence-electron chi connectivity index (χ2n) is 6.76. The van der Waals surface area contributed by atoms with Crippen LogP contribution in [0.4, 0.5) is 0 Å². The van der Waals surface area contributed by atoms with Gasteiger partial charge in [-0.2, -0.15) is 0 Å². The van der Waals surface area contributed by atoms with Crippen LogP contribution in [0.2, 0.25) is 0 Å². The predicted octanol–water partition coefficient (Wildman–Crippen LogP) is 2.55. The first-order valence-corrected chi connectivity index (χ1v) is 8.70. The van der Waals surface area contributed by atoms with E-state index < -0.39 is 13.0 Å². The van der Waals surface area contributed by atoms with E-state index in [-0.39, 0.29) is 18.3 Å². The summed E-state index contributed by atoms with van der Waals surface area (Å²) in [6.45, 7) is 10.7. The lowest BCUT2D eigenvalue weighted by Gasteiger charge is -2.45. The van der Waals surface area contributed by atoms with Crippen LogP contribution in [0, 0.1) is 0 Å². The predicted molar refractivity (Wildman–Crippen MR) is 92.9 cm³/mol. The number of hydrogen-bond donors (Lipinski definition) is 0. The number of aromatic nitrogens is 1. The molecule has 1 fully saturated rings. The zero-order valence-corrected chi connectivity index (χ0v) is 15.5. The molecule has 0 aliphatic carbocycles. The lowest BCUT2D eigenvalue weighted by molar-refractivity contribution is -0.0473. The Morgan fingerprint density at radius 3 is 1.88 bits per heavy atom. The highest BCUT2D eigenvalue weighted by Gasteiger charge is 2.37. The first-order chi connectivity index (χ1) is 11.3. The fraction of sp³-hybridized carbons (Fsp3) is 0.706. The molecular formula is C17H29BNO5-. The van der Waals surface area contributed by atoms with E-state index in [0.717, 1.165) is 0 Å². The van der Waals surface area contributed by atoms with E-state index in [1.165, 1.54) is 0 Å². The molecule has 0 aromatic carbocycles. The van der Waals surface area contributed by atoms with E-state index in [9.17, 15) is 0 Å². The Labute approximate surface area is 144 Å². The van der Waals surface area contributed by atoms with Gasteiger partial charge < -0.3 is 23.4 Å². The normalized spacial score (nSPS) is 16.7. The lowest BCUT2D eigenvalue weighted by atomic mass is 9.71. The van der Waals surface area contributed by atoms with Crippen LogP contribution in [-0.2, 0) is 23.4 Å². The van der Waals surface area contributed by atoms with Crippen LogP contribution < -0.4 is 5.59 Å². The smallest absolute Gasteiger partial charge is 0.428 e. The molecule has 1 saturated heterocycles. The molecular weight excluding hydrogens is 309 g/mol. The fourth-order valence-corrected chi connectivity index (χ4v) is 2.71. The molecule has 2 rings (SSSR count). The van der Waals surface area contributed by atoms with Crippen molar-refractivity contribution in [1.82, 2.24) is 4.98 Å². The molecule has 0 saturated carbocycles. The summed E-state index contributed by atoms with van der Waals surface area (Å²) < 4.78 is 29.5. The summed E-state index contributed by atoms with van der Waals surface area (Å²) in [5.74, 6) is 0. The average molecular weight is 338 g/mol. The van der Waals surface area contributed by atoms with Crippen molar-refractivity contribution in [2.24, 2.45) is 0 Å². The molecule has 0 bridgehead atoms. The summed E-state index contributed by atoms with van der Waals surface area (Å²) in [7, 11) is 0. The zero-order chi connectivity index (χ0) is 17.7. The monoisotopic (exact) mass is 338 g/mol. The lowest BCUT2D eigenvalue weighted by Crippen LogP contribution is -2.61. The summed E-state index contributed by atoms with van der Waals surface area (Å²) in [6, 6.07) is 5.64. The van der Waals surface area contributed by atoms with Crippen molar-refractivity contribution >= 4 is 12.3 Å². The van der Waals surface area contributed by atoms with Crippen molar-refractivity contribution in [2.45, 2.75) is 66.1 Å². The average Bonchev–Trinajstić information content (AvgIpc) is 2.99. The van der Waals surface area contributed by atoms with E-state index in [1.807, 2.05) is 59.7 Å². The van der Waals surface area contributed by atoms with Crippen LogP contribution in [-0.4, -0.2) is 43.3 Å². The molecule has 1 aromatic rings. The van der Waals surface area contributed by atoms with Crippen LogP contribution in [0.25, 0.3) is 0 Å². The first-order valence-electron chi connectivity index (χ1n) is 8.70. The molecule has 1 aliphatic heterocycles. The molecule has 2 heterocycles. The van der Waals surface area contributed by atoms with Gasteiger partial charge in [0.25, 0.3) is 0 Å². The van der Waals surface area contributed by atoms with Gasteiger partial charge in [0.15, 0.2) is 0 Å². The van der Waals surface area contributed by atoms with Gasteiger partial charge in [0.05, 0.1) is 18.9 Å². The van der Waals surface area contributed by atoms with Gasteiger partial charge in [-0.05, 0) is 53.2 Å². The SMILES string of the molecule is CC(C)O[B-](OC(C)C)(OC(C)C)c1cccc(C2OCCO2)n1. The zero-order valence-electron chi connectivity index (χ0n) is 15.5. The van der Waals surface area contributed by atoms with Crippen molar-refractivity contribution in [1.29, 1.82) is 0 Å². The van der Waals surface area contributed by atoms with Gasteiger partial charge in [-0.25, -0.2) is 0 Å². The van der Waals surface area contributed by atoms with E-state index >= 15 is 0 Å². The molecule has 136 valence electrons. The second kappa shape index (κ2) is 8.40. The third kappa shape index (κ3) is 5.00. The van der Waals surface area contributed by atoms with Gasteiger partial charge in [0, 0.05) is 18.3 Å². The minimum atomic E-state index is -2.18. The Kier molecular flexibility index (Phi) is 6.77. The minimum absolute atomic E-state index is 0.0769. The third-order valence-corrected chi connectivity index (χ3v) is 3.37. The third-order valence-electron chi connectivity index (χ3n) is 3.37. The molecule has 0 radical (unpaired) electrons. The van der Waals surface area contributed by atoms with Gasteiger partial charge in [0.2, 0.25) is 6.29 Å². The highest BCUT2D eigenvalue weighted by atomic mass is 16.8. The Morgan fingerprint density at radius 2 is 1.42 bits per heavy atom. The topological polar surface area (TPSA) is 59.0 Å². The summed E-state index contributed by atoms with van der Waals surface area (Å²) in [5, 5.41) is 0. The quantitative estimate of drug-likeness (QED) is 0.679. The largest absolute Gasteiger partial charge is 0.538 e. The molecule has 24 heavy (non-hydrogen) atoms. The van der Waals surface area contributed by atoms with Crippen molar-refractivity contribution in [3.05, 3.63) is 23.9 Å². The molecule has 7 heteroatoms. The van der Waals surface area contributed by atoms with Gasteiger partial charge in [-0.15, -0.1) is 0 Å². The van der Waals surface area contributed by atoms with Crippen LogP contribution in [0.3, 0.4) is 0 Å². The number of pyridine rings is 1. The molecule has 1 aromatic heterocycles. The first kappa shape index (κ1) is 19.3. The molecule has 0 spiro atoms. The van der Waals surface area contributed by atoms with Crippen molar-refractivity contribution in [2.75, 3.05) is 13.2 Å². The van der Waals surface area contributed by atoms with Gasteiger partial charge in [0.1, 0.15) is 0 Å². The summed E-state index contributed by atoms with van der Waals surface area (Å²) in [6.07, 6.45) is -0.679. The Hall–Kier alpha value is -0.985. The van der Waals surface area contributed by atoms with E-state index in [2.05, 4.69) is 4.98 Å². The van der Waals surface area contributed by atoms with Crippen molar-refractivity contribution in [3.63, 3.8) is 0 Å². The summed E-state index contributed by atoms with van der Waals surface area (Å²) in [5.41, 5.74) is 1.31. The molecule has 0 unspecified atom stereocenters. The van der Waals surface area contributed by atoms with Gasteiger partial charge in [-0.3, -0.25) is 4.98 Å². The van der Waals surface area contributed by atoms with Crippen molar-refractivity contribution in [3.8, 4) is 0 Å². The highest BCUT2D eigenvalue weighted by molar-refractivity contribution is 6.74. The highest BCUT2D eigenvalue weighted by Crippen LogP contribution is 2.22. The van der Waals surface area contributed by atoms with E-state index in [1.54, 1.807) is 0 Å². The second-order valence-corrected chi connectivity index (χ2v) is 6.76. The summed E-state index contributed by atoms with van der Waals surface area (Å²) >= 11 is 0. The Balaban J connectivity index is 2.41. The maximum atomic E-state index is 6.14. The summed E-state index contributed by atoms with van der Waals surface area (Å²) in [4.78, 5) is 4.69. The number of nitrogens with zero attached hydrogens (tertiary/aromatic N) is 1. The molecule has 0 amide bonds. The molecule has 0 N–H and O–H groups in total. The maximum absolute atomic E-state index is 6.14. The van der Waals surface area contributed by atoms with Crippen LogP contribution >= 0.6 is 0 Å². The Bertz CT molecular complexity index is 491. The van der Waals surface area contributed by atoms with E-state index in [4.69, 9.17) is 23.4 Å². The number of hydrogen-bond acceptors (Lipinski definition) is 6. The van der Waals surface area contributed by atoms with E-state index in [0.29, 0.717) is 24.5 Å². The van der Waals surface area contributed by atoms with Crippen LogP contribution in [0.15, 0.2) is 18.2 Å². The molecule has 6 nitrogen and oxygen atoms in total. The van der Waals surface area contributed by atoms with Gasteiger partial charge >= 0.3 is 6.75 Å². The Morgan fingerprint density at radius 1 is 0.917 bits per heavy atom.